The van der Waals surface area contributed by atoms with Crippen LogP contribution >= 0.6 is 11.6 Å². The molecule has 2 rings (SSSR count). The smallest absolute Gasteiger partial charge is 0.457 e. The highest BCUT2D eigenvalue weighted by atomic mass is 35.5. The fourth-order valence-electron chi connectivity index (χ4n) is 2.05. The molecule has 1 aliphatic heterocycles. The summed E-state index contributed by atoms with van der Waals surface area (Å²) in [6, 6.07) is 0. The number of carboxylic acids is 1. The maximum absolute atomic E-state index is 13.3. The van der Waals surface area contributed by atoms with Crippen LogP contribution in [0.3, 0.4) is 0 Å². The summed E-state index contributed by atoms with van der Waals surface area (Å²) in [7, 11) is 0. The minimum absolute atomic E-state index is 0.295. The molecule has 0 bridgehead atoms. The highest BCUT2D eigenvalue weighted by Gasteiger charge is 2.64. The molecule has 126 valence electrons. The van der Waals surface area contributed by atoms with Crippen LogP contribution in [0.15, 0.2) is 33.8 Å². The van der Waals surface area contributed by atoms with Crippen LogP contribution in [0.5, 0.6) is 0 Å². The predicted molar refractivity (Wildman–Crippen MR) is 63.8 cm³/mol. The van der Waals surface area contributed by atoms with Crippen molar-refractivity contribution in [2.45, 2.75) is 24.6 Å². The Kier molecular flexibility index (Phi) is 3.92. The van der Waals surface area contributed by atoms with E-state index in [-0.39, 0.29) is 0 Å². The predicted octanol–water partition coefficient (Wildman–Crippen LogP) is 2.83. The zero-order valence-corrected chi connectivity index (χ0v) is 11.5. The van der Waals surface area contributed by atoms with E-state index in [0.717, 1.165) is 0 Å². The van der Waals surface area contributed by atoms with E-state index >= 15 is 0 Å². The Morgan fingerprint density at radius 3 is 2.35 bits per heavy atom. The average Bonchev–Trinajstić information content (AvgIpc) is 2.43. The number of hydrogen-bond donors (Lipinski definition) is 2. The van der Waals surface area contributed by atoms with Crippen molar-refractivity contribution in [1.29, 1.82) is 0 Å². The number of aliphatic hydroxyl groups is 1. The number of aliphatic carboxylic acids is 1. The fourth-order valence-corrected chi connectivity index (χ4v) is 2.33. The lowest BCUT2D eigenvalue weighted by Gasteiger charge is -2.33. The molecule has 0 aromatic rings. The van der Waals surface area contributed by atoms with Gasteiger partial charge in [0.1, 0.15) is 0 Å². The van der Waals surface area contributed by atoms with Crippen molar-refractivity contribution >= 4 is 23.4 Å². The van der Waals surface area contributed by atoms with Gasteiger partial charge in [-0.15, -0.1) is 0 Å². The molecule has 1 atom stereocenters. The number of rotatable bonds is 2. The molecule has 1 unspecified atom stereocenters. The maximum Gasteiger partial charge on any atom is 0.457 e. The SMILES string of the molecule is O=C(O)C1=C(O)C(Cl)=C2CC(C(F)(F)C(F)(F)F)OC=C2C1=O. The van der Waals surface area contributed by atoms with Gasteiger partial charge in [0.15, 0.2) is 17.4 Å². The van der Waals surface area contributed by atoms with Gasteiger partial charge in [-0.1, -0.05) is 11.6 Å². The number of Topliss-reactive ketones (excluding diaryl/α,β-unsaturated/α-hetero) is 1. The van der Waals surface area contributed by atoms with E-state index < -0.39 is 63.9 Å². The molecule has 0 aromatic carbocycles. The van der Waals surface area contributed by atoms with Gasteiger partial charge in [-0.25, -0.2) is 4.79 Å². The van der Waals surface area contributed by atoms with Crippen molar-refractivity contribution in [3.8, 4) is 0 Å². The second kappa shape index (κ2) is 5.22. The zero-order valence-electron chi connectivity index (χ0n) is 10.7. The summed E-state index contributed by atoms with van der Waals surface area (Å²) in [6.07, 6.45) is -9.45. The summed E-state index contributed by atoms with van der Waals surface area (Å²) in [4.78, 5) is 22.8. The Morgan fingerprint density at radius 2 is 1.87 bits per heavy atom. The highest BCUT2D eigenvalue weighted by molar-refractivity contribution is 6.37. The van der Waals surface area contributed by atoms with Crippen LogP contribution in [0, 0.1) is 0 Å². The third kappa shape index (κ3) is 2.56. The molecule has 0 spiro atoms. The normalized spacial score (nSPS) is 22.6. The van der Waals surface area contributed by atoms with Crippen LogP contribution in [-0.4, -0.2) is 40.2 Å². The van der Waals surface area contributed by atoms with Gasteiger partial charge >= 0.3 is 18.1 Å². The molecule has 2 aliphatic rings. The van der Waals surface area contributed by atoms with Gasteiger partial charge in [0, 0.05) is 6.42 Å². The van der Waals surface area contributed by atoms with E-state index in [1.54, 1.807) is 0 Å². The van der Waals surface area contributed by atoms with Crippen LogP contribution in [0.25, 0.3) is 0 Å². The van der Waals surface area contributed by atoms with Gasteiger partial charge in [0.05, 0.1) is 16.9 Å². The van der Waals surface area contributed by atoms with Gasteiger partial charge in [0.25, 0.3) is 0 Å². The second-order valence-electron chi connectivity index (χ2n) is 4.63. The van der Waals surface area contributed by atoms with Crippen LogP contribution in [0.4, 0.5) is 22.0 Å². The maximum atomic E-state index is 13.3. The van der Waals surface area contributed by atoms with Crippen molar-refractivity contribution in [3.63, 3.8) is 0 Å². The highest BCUT2D eigenvalue weighted by Crippen LogP contribution is 2.46. The molecule has 23 heavy (non-hydrogen) atoms. The lowest BCUT2D eigenvalue weighted by molar-refractivity contribution is -0.313. The van der Waals surface area contributed by atoms with Crippen molar-refractivity contribution in [2.75, 3.05) is 0 Å². The largest absolute Gasteiger partial charge is 0.505 e. The molecule has 0 amide bonds. The topological polar surface area (TPSA) is 83.8 Å². The number of aliphatic hydroxyl groups excluding tert-OH is 1. The summed E-state index contributed by atoms with van der Waals surface area (Å²) in [5.41, 5.74) is -2.27. The molecular weight excluding hydrogens is 355 g/mol. The van der Waals surface area contributed by atoms with Gasteiger partial charge in [-0.2, -0.15) is 22.0 Å². The van der Waals surface area contributed by atoms with Crippen LogP contribution in [-0.2, 0) is 14.3 Å². The Balaban J connectivity index is 2.51. The van der Waals surface area contributed by atoms with Crippen LogP contribution in [0.2, 0.25) is 0 Å². The molecule has 11 heteroatoms. The van der Waals surface area contributed by atoms with Gasteiger partial charge < -0.3 is 14.9 Å². The van der Waals surface area contributed by atoms with Crippen molar-refractivity contribution in [2.24, 2.45) is 0 Å². The Morgan fingerprint density at radius 1 is 1.30 bits per heavy atom. The summed E-state index contributed by atoms with van der Waals surface area (Å²) in [5, 5.41) is 17.6. The third-order valence-corrected chi connectivity index (χ3v) is 3.65. The lowest BCUT2D eigenvalue weighted by atomic mass is 9.85. The first-order chi connectivity index (χ1) is 10.4. The van der Waals surface area contributed by atoms with Crippen molar-refractivity contribution < 1.29 is 46.5 Å². The number of fused-ring (bicyclic) bond motifs is 1. The number of alkyl halides is 5. The number of carbonyl (C=O) groups is 2. The summed E-state index contributed by atoms with van der Waals surface area (Å²) in [6.45, 7) is 0. The number of ether oxygens (including phenoxy) is 1. The van der Waals surface area contributed by atoms with E-state index in [0.29, 0.717) is 6.26 Å². The second-order valence-corrected chi connectivity index (χ2v) is 5.01. The molecule has 0 saturated carbocycles. The Hall–Kier alpha value is -2.10. The van der Waals surface area contributed by atoms with Crippen LogP contribution < -0.4 is 0 Å². The van der Waals surface area contributed by atoms with E-state index in [4.69, 9.17) is 16.7 Å². The standard InChI is InChI=1S/C12H6ClF5O5/c13-7-3-1-5(11(14,15)12(16,17)18)23-2-4(3)8(19)6(9(7)20)10(21)22/h2,5,20H,1H2,(H,21,22). The zero-order chi connectivity index (χ0) is 17.7. The van der Waals surface area contributed by atoms with E-state index in [2.05, 4.69) is 4.74 Å². The van der Waals surface area contributed by atoms with Gasteiger partial charge in [-0.05, 0) is 5.57 Å². The lowest BCUT2D eigenvalue weighted by Crippen LogP contribution is -2.49. The molecule has 1 aliphatic carbocycles. The summed E-state index contributed by atoms with van der Waals surface area (Å²) in [5.74, 6) is -9.59. The van der Waals surface area contributed by atoms with Gasteiger partial charge in [-0.3, -0.25) is 4.79 Å². The number of allylic oxidation sites excluding steroid dienone is 2. The molecule has 0 aromatic heterocycles. The number of hydrogen-bond acceptors (Lipinski definition) is 4. The first-order valence-electron chi connectivity index (χ1n) is 5.80. The molecule has 0 saturated heterocycles. The van der Waals surface area contributed by atoms with Crippen molar-refractivity contribution in [3.05, 3.63) is 33.8 Å². The first-order valence-corrected chi connectivity index (χ1v) is 6.18. The van der Waals surface area contributed by atoms with E-state index in [1.165, 1.54) is 0 Å². The van der Waals surface area contributed by atoms with Gasteiger partial charge in [0.2, 0.25) is 5.78 Å². The van der Waals surface area contributed by atoms with Crippen molar-refractivity contribution in [1.82, 2.24) is 0 Å². The summed E-state index contributed by atoms with van der Waals surface area (Å²) >= 11 is 5.61. The van der Waals surface area contributed by atoms with Crippen LogP contribution in [0.1, 0.15) is 6.42 Å². The number of halogens is 6. The third-order valence-electron chi connectivity index (χ3n) is 3.24. The average molecular weight is 361 g/mol. The molecule has 0 fully saturated rings. The number of ketones is 1. The monoisotopic (exact) mass is 360 g/mol. The summed E-state index contributed by atoms with van der Waals surface area (Å²) < 4.78 is 68.0. The Bertz CT molecular complexity index is 688. The fraction of sp³-hybridized carbons (Fsp3) is 0.333. The number of carboxylic acid groups (broad SMARTS) is 1. The molecule has 0 radical (unpaired) electrons. The minimum Gasteiger partial charge on any atom is -0.505 e. The molecule has 1 heterocycles. The molecule has 5 nitrogen and oxygen atoms in total. The Labute approximate surface area is 129 Å². The van der Waals surface area contributed by atoms with E-state index in [1.807, 2.05) is 0 Å². The molecular formula is C12H6ClF5O5. The molecule has 2 N–H and O–H groups in total. The minimum atomic E-state index is -5.90. The number of carbonyl (C=O) groups excluding carboxylic acids is 1. The first kappa shape index (κ1) is 17.3. The van der Waals surface area contributed by atoms with E-state index in [9.17, 15) is 36.6 Å². The quantitative estimate of drug-likeness (QED) is 0.584.